The molecule has 0 bridgehead atoms. The number of carbonyl (C=O) groups excluding carboxylic acids is 2. The standard InChI is InChI=1S/C20H28BNO7/c1-11(2)17(19(24)26-9-14-10-27-20(4,5)29-14)22-18(23)15-7-6-13-8-28-21(25)16(13)12(15)3/h6-7,11,14,17,25H,8-10H2,1-5H3,(H,22,23)/t14-,17?/m1/s1. The molecule has 0 aromatic heterocycles. The van der Waals surface area contributed by atoms with Crippen LogP contribution in [0.4, 0.5) is 0 Å². The van der Waals surface area contributed by atoms with Gasteiger partial charge in [-0.15, -0.1) is 0 Å². The Bertz CT molecular complexity index is 795. The van der Waals surface area contributed by atoms with E-state index in [1.807, 2.05) is 13.8 Å². The van der Waals surface area contributed by atoms with E-state index in [2.05, 4.69) is 5.32 Å². The lowest BCUT2D eigenvalue weighted by Gasteiger charge is -2.23. The van der Waals surface area contributed by atoms with E-state index in [0.29, 0.717) is 29.8 Å². The van der Waals surface area contributed by atoms with Crippen molar-refractivity contribution < 1.29 is 33.5 Å². The highest BCUT2D eigenvalue weighted by Crippen LogP contribution is 2.22. The van der Waals surface area contributed by atoms with Gasteiger partial charge in [-0.3, -0.25) is 4.79 Å². The summed E-state index contributed by atoms with van der Waals surface area (Å²) in [5.41, 5.74) is 2.50. The van der Waals surface area contributed by atoms with Crippen LogP contribution in [0.25, 0.3) is 0 Å². The van der Waals surface area contributed by atoms with Crippen LogP contribution in [0.15, 0.2) is 12.1 Å². The van der Waals surface area contributed by atoms with Crippen LogP contribution in [0.3, 0.4) is 0 Å². The van der Waals surface area contributed by atoms with E-state index in [9.17, 15) is 14.6 Å². The fraction of sp³-hybridized carbons (Fsp3) is 0.600. The van der Waals surface area contributed by atoms with E-state index in [-0.39, 0.29) is 18.6 Å². The Kier molecular flexibility index (Phi) is 6.33. The van der Waals surface area contributed by atoms with Gasteiger partial charge in [-0.1, -0.05) is 19.9 Å². The summed E-state index contributed by atoms with van der Waals surface area (Å²) in [6, 6.07) is 2.63. The number of fused-ring (bicyclic) bond motifs is 1. The van der Waals surface area contributed by atoms with Crippen molar-refractivity contribution in [2.45, 2.75) is 59.2 Å². The zero-order valence-electron chi connectivity index (χ0n) is 17.5. The Labute approximate surface area is 171 Å². The van der Waals surface area contributed by atoms with Gasteiger partial charge in [0.2, 0.25) is 0 Å². The Hall–Kier alpha value is -1.94. The zero-order chi connectivity index (χ0) is 21.3. The van der Waals surface area contributed by atoms with Gasteiger partial charge < -0.3 is 29.2 Å². The summed E-state index contributed by atoms with van der Waals surface area (Å²) in [4.78, 5) is 25.5. The van der Waals surface area contributed by atoms with Crippen LogP contribution < -0.4 is 10.8 Å². The lowest BCUT2D eigenvalue weighted by molar-refractivity contribution is -0.160. The topological polar surface area (TPSA) is 103 Å². The Morgan fingerprint density at radius 2 is 2.10 bits per heavy atom. The van der Waals surface area contributed by atoms with Gasteiger partial charge >= 0.3 is 13.1 Å². The van der Waals surface area contributed by atoms with Crippen LogP contribution in [0.1, 0.15) is 49.2 Å². The van der Waals surface area contributed by atoms with Crippen LogP contribution in [-0.4, -0.2) is 55.2 Å². The Morgan fingerprint density at radius 3 is 2.72 bits per heavy atom. The second-order valence-corrected chi connectivity index (χ2v) is 8.25. The predicted molar refractivity (Wildman–Crippen MR) is 106 cm³/mol. The van der Waals surface area contributed by atoms with E-state index in [1.165, 1.54) is 0 Å². The van der Waals surface area contributed by atoms with E-state index < -0.39 is 30.8 Å². The number of benzene rings is 1. The van der Waals surface area contributed by atoms with E-state index >= 15 is 0 Å². The number of hydrogen-bond acceptors (Lipinski definition) is 7. The van der Waals surface area contributed by atoms with Crippen LogP contribution in [0.2, 0.25) is 0 Å². The highest BCUT2D eigenvalue weighted by atomic mass is 16.7. The third-order valence-corrected chi connectivity index (χ3v) is 5.18. The minimum atomic E-state index is -1.04. The van der Waals surface area contributed by atoms with Gasteiger partial charge in [-0.05, 0) is 49.3 Å². The highest BCUT2D eigenvalue weighted by molar-refractivity contribution is 6.62. The van der Waals surface area contributed by atoms with Gasteiger partial charge in [-0.25, -0.2) is 4.79 Å². The van der Waals surface area contributed by atoms with Crippen molar-refractivity contribution in [1.82, 2.24) is 5.32 Å². The first-order valence-corrected chi connectivity index (χ1v) is 9.80. The molecular weight excluding hydrogens is 377 g/mol. The number of carbonyl (C=O) groups is 2. The molecule has 8 nitrogen and oxygen atoms in total. The molecule has 2 aliphatic heterocycles. The Balaban J connectivity index is 1.65. The van der Waals surface area contributed by atoms with Crippen molar-refractivity contribution >= 4 is 24.5 Å². The van der Waals surface area contributed by atoms with Crippen molar-refractivity contribution in [2.24, 2.45) is 5.92 Å². The number of amides is 1. The van der Waals surface area contributed by atoms with Gasteiger partial charge in [0.05, 0.1) is 13.2 Å². The monoisotopic (exact) mass is 405 g/mol. The fourth-order valence-corrected chi connectivity index (χ4v) is 3.58. The van der Waals surface area contributed by atoms with E-state index in [0.717, 1.165) is 5.56 Å². The lowest BCUT2D eigenvalue weighted by Crippen LogP contribution is -2.46. The number of hydrogen-bond donors (Lipinski definition) is 2. The molecule has 158 valence electrons. The summed E-state index contributed by atoms with van der Waals surface area (Å²) in [7, 11) is -1.04. The van der Waals surface area contributed by atoms with Gasteiger partial charge in [0.15, 0.2) is 5.79 Å². The van der Waals surface area contributed by atoms with Gasteiger partial charge in [-0.2, -0.15) is 0 Å². The first kappa shape index (κ1) is 21.8. The van der Waals surface area contributed by atoms with Crippen LogP contribution in [-0.2, 0) is 30.3 Å². The maximum atomic E-state index is 12.9. The third-order valence-electron chi connectivity index (χ3n) is 5.18. The van der Waals surface area contributed by atoms with Crippen molar-refractivity contribution in [2.75, 3.05) is 13.2 Å². The molecule has 1 unspecified atom stereocenters. The largest absolute Gasteiger partial charge is 0.492 e. The quantitative estimate of drug-likeness (QED) is 0.530. The van der Waals surface area contributed by atoms with Gasteiger partial charge in [0, 0.05) is 5.56 Å². The molecule has 9 heteroatoms. The van der Waals surface area contributed by atoms with Crippen LogP contribution >= 0.6 is 0 Å². The van der Waals surface area contributed by atoms with Crippen LogP contribution in [0.5, 0.6) is 0 Å². The summed E-state index contributed by atoms with van der Waals surface area (Å²) in [5, 5.41) is 12.8. The first-order valence-electron chi connectivity index (χ1n) is 9.80. The van der Waals surface area contributed by atoms with Crippen molar-refractivity contribution in [3.63, 3.8) is 0 Å². The molecule has 0 spiro atoms. The van der Waals surface area contributed by atoms with E-state index in [4.69, 9.17) is 18.9 Å². The molecule has 1 aromatic carbocycles. The Morgan fingerprint density at radius 1 is 1.38 bits per heavy atom. The summed E-state index contributed by atoms with van der Waals surface area (Å²) in [5.74, 6) is -1.79. The fourth-order valence-electron chi connectivity index (χ4n) is 3.58. The summed E-state index contributed by atoms with van der Waals surface area (Å²) in [6.07, 6.45) is -0.335. The highest BCUT2D eigenvalue weighted by Gasteiger charge is 2.35. The molecular formula is C20H28BNO7. The minimum absolute atomic E-state index is 0.0583. The van der Waals surface area contributed by atoms with Crippen molar-refractivity contribution in [3.8, 4) is 0 Å². The van der Waals surface area contributed by atoms with Crippen molar-refractivity contribution in [1.29, 1.82) is 0 Å². The molecule has 3 rings (SSSR count). The minimum Gasteiger partial charge on any atom is -0.461 e. The number of esters is 1. The molecule has 1 aromatic rings. The SMILES string of the molecule is Cc1c(C(=O)NC(C(=O)OC[C@@H]2COC(C)(C)O2)C(C)C)ccc2c1B(O)OC2. The molecule has 2 aliphatic rings. The average Bonchev–Trinajstić information content (AvgIpc) is 3.19. The molecule has 0 saturated carbocycles. The summed E-state index contributed by atoms with van der Waals surface area (Å²) in [6.45, 7) is 9.73. The predicted octanol–water partition coefficient (Wildman–Crippen LogP) is 0.662. The molecule has 2 atom stereocenters. The summed E-state index contributed by atoms with van der Waals surface area (Å²) < 4.78 is 21.7. The molecule has 29 heavy (non-hydrogen) atoms. The number of rotatable bonds is 6. The second-order valence-electron chi connectivity index (χ2n) is 8.25. The number of ether oxygens (including phenoxy) is 3. The lowest BCUT2D eigenvalue weighted by atomic mass is 9.75. The third kappa shape index (κ3) is 4.80. The molecule has 0 aliphatic carbocycles. The maximum absolute atomic E-state index is 12.9. The van der Waals surface area contributed by atoms with Gasteiger partial charge in [0.1, 0.15) is 18.8 Å². The second kappa shape index (κ2) is 8.43. The smallest absolute Gasteiger partial charge is 0.461 e. The molecule has 2 heterocycles. The molecule has 1 fully saturated rings. The zero-order valence-corrected chi connectivity index (χ0v) is 17.5. The van der Waals surface area contributed by atoms with Gasteiger partial charge in [0.25, 0.3) is 5.91 Å². The number of nitrogens with one attached hydrogen (secondary N) is 1. The normalized spacial score (nSPS) is 21.2. The molecule has 0 radical (unpaired) electrons. The average molecular weight is 405 g/mol. The van der Waals surface area contributed by atoms with Crippen LogP contribution in [0, 0.1) is 12.8 Å². The molecule has 1 amide bonds. The molecule has 1 saturated heterocycles. The molecule has 2 N–H and O–H groups in total. The first-order chi connectivity index (χ1) is 13.6. The van der Waals surface area contributed by atoms with E-state index in [1.54, 1.807) is 32.9 Å². The maximum Gasteiger partial charge on any atom is 0.492 e. The summed E-state index contributed by atoms with van der Waals surface area (Å²) >= 11 is 0. The van der Waals surface area contributed by atoms with Crippen molar-refractivity contribution in [3.05, 3.63) is 28.8 Å².